The second kappa shape index (κ2) is 3.29. The average molecular weight is 190 g/mol. The van der Waals surface area contributed by atoms with Crippen LogP contribution in [0.5, 0.6) is 0 Å². The van der Waals surface area contributed by atoms with E-state index in [9.17, 15) is 0 Å². The first-order valence-corrected chi connectivity index (χ1v) is 4.74. The second-order valence-corrected chi connectivity index (χ2v) is 3.60. The lowest BCUT2D eigenvalue weighted by molar-refractivity contribution is 0.616. The van der Waals surface area contributed by atoms with E-state index in [1.54, 1.807) is 6.20 Å². The average Bonchev–Trinajstić information content (AvgIpc) is 2.00. The molecule has 2 heterocycles. The summed E-state index contributed by atoms with van der Waals surface area (Å²) in [4.78, 5) is 6.38. The third-order valence-corrected chi connectivity index (χ3v) is 2.51. The monoisotopic (exact) mass is 190 g/mol. The minimum atomic E-state index is 0.0967. The Morgan fingerprint density at radius 3 is 2.79 bits per heavy atom. The van der Waals surface area contributed by atoms with Crippen LogP contribution in [0, 0.1) is 12.3 Å². The Labute approximate surface area is 83.3 Å². The summed E-state index contributed by atoms with van der Waals surface area (Å²) in [5.74, 6) is 0.0967. The molecule has 1 aliphatic rings. The van der Waals surface area contributed by atoms with Crippen molar-refractivity contribution in [3.05, 3.63) is 23.5 Å². The summed E-state index contributed by atoms with van der Waals surface area (Å²) in [6.45, 7) is 4.07. The van der Waals surface area contributed by atoms with Gasteiger partial charge in [0, 0.05) is 25.0 Å². The Kier molecular flexibility index (Phi) is 2.11. The zero-order chi connectivity index (χ0) is 10.1. The number of hydrogen-bond acceptors (Lipinski definition) is 3. The summed E-state index contributed by atoms with van der Waals surface area (Å²) < 4.78 is 0. The molecule has 1 aromatic heterocycles. The third kappa shape index (κ3) is 1.43. The molecule has 1 fully saturated rings. The van der Waals surface area contributed by atoms with Gasteiger partial charge in [-0.1, -0.05) is 0 Å². The summed E-state index contributed by atoms with van der Waals surface area (Å²) >= 11 is 0. The number of amidine groups is 1. The molecule has 1 aromatic rings. The largest absolute Gasteiger partial charge is 0.384 e. The predicted octanol–water partition coefficient (Wildman–Crippen LogP) is 0.884. The van der Waals surface area contributed by atoms with Crippen LogP contribution in [-0.2, 0) is 0 Å². The highest BCUT2D eigenvalue weighted by Crippen LogP contribution is 2.24. The van der Waals surface area contributed by atoms with Gasteiger partial charge in [-0.15, -0.1) is 0 Å². The van der Waals surface area contributed by atoms with Crippen molar-refractivity contribution in [1.29, 1.82) is 5.41 Å². The van der Waals surface area contributed by atoms with Crippen molar-refractivity contribution in [3.63, 3.8) is 0 Å². The van der Waals surface area contributed by atoms with Gasteiger partial charge in [0.05, 0.1) is 11.3 Å². The summed E-state index contributed by atoms with van der Waals surface area (Å²) in [5.41, 5.74) is 8.26. The molecule has 0 bridgehead atoms. The van der Waals surface area contributed by atoms with Crippen LogP contribution < -0.4 is 10.6 Å². The fraction of sp³-hybridized carbons (Fsp3) is 0.400. The quantitative estimate of drug-likeness (QED) is 0.537. The molecule has 0 amide bonds. The summed E-state index contributed by atoms with van der Waals surface area (Å²) in [7, 11) is 0. The zero-order valence-corrected chi connectivity index (χ0v) is 8.25. The van der Waals surface area contributed by atoms with Gasteiger partial charge in [0.2, 0.25) is 0 Å². The van der Waals surface area contributed by atoms with Crippen molar-refractivity contribution in [3.8, 4) is 0 Å². The number of pyridine rings is 1. The van der Waals surface area contributed by atoms with Gasteiger partial charge in [0.25, 0.3) is 0 Å². The van der Waals surface area contributed by atoms with Crippen molar-refractivity contribution < 1.29 is 0 Å². The van der Waals surface area contributed by atoms with Gasteiger partial charge in [0.15, 0.2) is 0 Å². The lowest BCUT2D eigenvalue weighted by Gasteiger charge is -2.34. The fourth-order valence-corrected chi connectivity index (χ4v) is 1.57. The third-order valence-electron chi connectivity index (χ3n) is 2.51. The minimum Gasteiger partial charge on any atom is -0.384 e. The zero-order valence-electron chi connectivity index (χ0n) is 8.25. The molecule has 4 nitrogen and oxygen atoms in total. The Bertz CT molecular complexity index is 368. The lowest BCUT2D eigenvalue weighted by Crippen LogP contribution is -2.38. The van der Waals surface area contributed by atoms with Crippen molar-refractivity contribution in [2.75, 3.05) is 18.0 Å². The fourth-order valence-electron chi connectivity index (χ4n) is 1.57. The molecule has 0 aromatic carbocycles. The van der Waals surface area contributed by atoms with E-state index in [4.69, 9.17) is 11.1 Å². The van der Waals surface area contributed by atoms with Gasteiger partial charge < -0.3 is 10.6 Å². The Balaban J connectivity index is 2.42. The molecule has 74 valence electrons. The number of hydrogen-bond donors (Lipinski definition) is 2. The van der Waals surface area contributed by atoms with Crippen LogP contribution in [0.15, 0.2) is 12.3 Å². The summed E-state index contributed by atoms with van der Waals surface area (Å²) in [5, 5.41) is 7.45. The van der Waals surface area contributed by atoms with Crippen molar-refractivity contribution in [2.24, 2.45) is 5.73 Å². The molecule has 3 N–H and O–H groups in total. The number of nitrogens with zero attached hydrogens (tertiary/aromatic N) is 2. The van der Waals surface area contributed by atoms with Gasteiger partial charge in [-0.3, -0.25) is 10.4 Å². The first kappa shape index (κ1) is 8.99. The molecule has 0 atom stereocenters. The number of nitrogens with two attached hydrogens (primary N) is 1. The van der Waals surface area contributed by atoms with Crippen LogP contribution in [0.4, 0.5) is 5.69 Å². The van der Waals surface area contributed by atoms with Crippen molar-refractivity contribution in [2.45, 2.75) is 13.3 Å². The number of nitrogen functional groups attached to an aromatic ring is 1. The molecule has 14 heavy (non-hydrogen) atoms. The molecule has 0 radical (unpaired) electrons. The smallest absolute Gasteiger partial charge is 0.126 e. The van der Waals surface area contributed by atoms with E-state index in [1.807, 2.05) is 13.0 Å². The molecule has 0 unspecified atom stereocenters. The lowest BCUT2D eigenvalue weighted by atomic mass is 10.1. The van der Waals surface area contributed by atoms with Crippen LogP contribution in [0.1, 0.15) is 17.7 Å². The number of aromatic nitrogens is 1. The first-order valence-electron chi connectivity index (χ1n) is 4.74. The van der Waals surface area contributed by atoms with Gasteiger partial charge in [0.1, 0.15) is 5.84 Å². The van der Waals surface area contributed by atoms with Crippen molar-refractivity contribution >= 4 is 11.5 Å². The summed E-state index contributed by atoms with van der Waals surface area (Å²) in [6.07, 6.45) is 2.91. The van der Waals surface area contributed by atoms with E-state index < -0.39 is 0 Å². The predicted molar refractivity (Wildman–Crippen MR) is 56.8 cm³/mol. The number of nitrogens with one attached hydrogen (secondary N) is 1. The topological polar surface area (TPSA) is 66.0 Å². The van der Waals surface area contributed by atoms with E-state index in [1.165, 1.54) is 6.42 Å². The molecular weight excluding hydrogens is 176 g/mol. The van der Waals surface area contributed by atoms with E-state index in [0.717, 1.165) is 30.0 Å². The number of aryl methyl sites for hydroxylation is 1. The van der Waals surface area contributed by atoms with Gasteiger partial charge in [-0.05, 0) is 19.4 Å². The van der Waals surface area contributed by atoms with Gasteiger partial charge >= 0.3 is 0 Å². The van der Waals surface area contributed by atoms with Crippen LogP contribution in [0.2, 0.25) is 0 Å². The maximum atomic E-state index is 7.45. The van der Waals surface area contributed by atoms with Crippen LogP contribution in [0.3, 0.4) is 0 Å². The molecule has 0 spiro atoms. The second-order valence-electron chi connectivity index (χ2n) is 3.60. The van der Waals surface area contributed by atoms with Gasteiger partial charge in [-0.25, -0.2) is 0 Å². The van der Waals surface area contributed by atoms with Crippen LogP contribution >= 0.6 is 0 Å². The Hall–Kier alpha value is -1.58. The standard InChI is InChI=1S/C10H14N4/c1-7-5-9(14-3-2-4-14)8(6-13-7)10(11)12/h5-6H,2-4H2,1H3,(H3,11,12). The molecule has 4 heteroatoms. The van der Waals surface area contributed by atoms with Crippen LogP contribution in [-0.4, -0.2) is 23.9 Å². The minimum absolute atomic E-state index is 0.0967. The van der Waals surface area contributed by atoms with E-state index in [2.05, 4.69) is 9.88 Å². The molecule has 1 aliphatic heterocycles. The molecule has 0 saturated carbocycles. The Morgan fingerprint density at radius 1 is 1.57 bits per heavy atom. The highest BCUT2D eigenvalue weighted by atomic mass is 15.2. The molecule has 0 aliphatic carbocycles. The van der Waals surface area contributed by atoms with E-state index >= 15 is 0 Å². The van der Waals surface area contributed by atoms with Crippen molar-refractivity contribution in [1.82, 2.24) is 4.98 Å². The molecule has 1 saturated heterocycles. The highest BCUT2D eigenvalue weighted by Gasteiger charge is 2.19. The first-order chi connectivity index (χ1) is 6.68. The normalized spacial score (nSPS) is 15.1. The highest BCUT2D eigenvalue weighted by molar-refractivity contribution is 6.00. The maximum Gasteiger partial charge on any atom is 0.126 e. The SMILES string of the molecule is Cc1cc(N2CCC2)c(C(=N)N)cn1. The molecule has 2 rings (SSSR count). The number of anilines is 1. The summed E-state index contributed by atoms with van der Waals surface area (Å²) in [6, 6.07) is 2.00. The van der Waals surface area contributed by atoms with Gasteiger partial charge in [-0.2, -0.15) is 0 Å². The molecular formula is C10H14N4. The maximum absolute atomic E-state index is 7.45. The number of rotatable bonds is 2. The Morgan fingerprint density at radius 2 is 2.29 bits per heavy atom. The van der Waals surface area contributed by atoms with Crippen LogP contribution in [0.25, 0.3) is 0 Å². The van der Waals surface area contributed by atoms with E-state index in [-0.39, 0.29) is 5.84 Å². The van der Waals surface area contributed by atoms with E-state index in [0.29, 0.717) is 0 Å².